The van der Waals surface area contributed by atoms with Crippen molar-refractivity contribution in [1.29, 1.82) is 0 Å². The predicted octanol–water partition coefficient (Wildman–Crippen LogP) is 4.71. The number of carbonyl (C=O) groups excluding carboxylic acids is 1. The molecule has 5 heteroatoms. The first-order valence-corrected chi connectivity index (χ1v) is 9.64. The number of hydrogen-bond acceptors (Lipinski definition) is 5. The average Bonchev–Trinajstić information content (AvgIpc) is 3.35. The molecule has 0 spiro atoms. The Bertz CT molecular complexity index is 1200. The number of nitrogens with zero attached hydrogens (tertiary/aromatic N) is 2. The van der Waals surface area contributed by atoms with Gasteiger partial charge in [0.25, 0.3) is 0 Å². The Hall–Kier alpha value is -3.73. The first-order chi connectivity index (χ1) is 14.2. The second kappa shape index (κ2) is 7.02. The zero-order valence-corrected chi connectivity index (χ0v) is 15.8. The van der Waals surface area contributed by atoms with Crippen LogP contribution in [-0.2, 0) is 12.8 Å². The number of hydrogen-bond donors (Lipinski definition) is 1. The minimum atomic E-state index is -0.0454. The summed E-state index contributed by atoms with van der Waals surface area (Å²) < 4.78 is 5.40. The lowest BCUT2D eigenvalue weighted by atomic mass is 10.0. The number of ketones is 1. The minimum Gasteiger partial charge on any atom is -0.469 e. The van der Waals surface area contributed by atoms with Crippen molar-refractivity contribution >= 4 is 11.7 Å². The van der Waals surface area contributed by atoms with Crippen molar-refractivity contribution in [2.24, 2.45) is 0 Å². The Morgan fingerprint density at radius 2 is 1.69 bits per heavy atom. The van der Waals surface area contributed by atoms with Crippen molar-refractivity contribution < 1.29 is 9.21 Å². The quantitative estimate of drug-likeness (QED) is 0.477. The van der Waals surface area contributed by atoms with Crippen LogP contribution in [0.3, 0.4) is 0 Å². The van der Waals surface area contributed by atoms with Gasteiger partial charge in [-0.3, -0.25) is 4.79 Å². The predicted molar refractivity (Wildman–Crippen MR) is 111 cm³/mol. The van der Waals surface area contributed by atoms with Gasteiger partial charge in [0.1, 0.15) is 5.76 Å². The van der Waals surface area contributed by atoms with Gasteiger partial charge in [0, 0.05) is 23.1 Å². The molecule has 2 aromatic heterocycles. The first kappa shape index (κ1) is 17.4. The number of rotatable bonds is 5. The van der Waals surface area contributed by atoms with Gasteiger partial charge >= 0.3 is 0 Å². The van der Waals surface area contributed by atoms with E-state index >= 15 is 0 Å². The Balaban J connectivity index is 1.51. The fraction of sp³-hybridized carbons (Fsp3) is 0.125. The highest BCUT2D eigenvalue weighted by Crippen LogP contribution is 2.40. The van der Waals surface area contributed by atoms with E-state index in [-0.39, 0.29) is 11.7 Å². The first-order valence-electron chi connectivity index (χ1n) is 9.64. The maximum Gasteiger partial charge on any atom is 0.221 e. The summed E-state index contributed by atoms with van der Waals surface area (Å²) in [5.41, 5.74) is 11.3. The maximum absolute atomic E-state index is 13.1. The van der Waals surface area contributed by atoms with E-state index in [2.05, 4.69) is 16.0 Å². The van der Waals surface area contributed by atoms with E-state index in [1.165, 1.54) is 0 Å². The number of nitrogen functional groups attached to an aromatic ring is 1. The molecular formula is C24H19N3O2. The molecule has 2 aromatic carbocycles. The van der Waals surface area contributed by atoms with Crippen LogP contribution in [0.2, 0.25) is 0 Å². The standard InChI is InChI=1S/C24H19N3O2/c25-24-26-21(16-7-2-1-3-8-16)20-22(27-24)19-14-15(11-12-18(19)23(20)28)6-4-9-17-10-5-13-29-17/h1-3,5,7-8,10-14H,4,6,9H2,(H2,25,26,27). The number of fused-ring (bicyclic) bond motifs is 3. The van der Waals surface area contributed by atoms with Gasteiger partial charge in [0.15, 0.2) is 5.78 Å². The third-order valence-electron chi connectivity index (χ3n) is 5.25. The van der Waals surface area contributed by atoms with Crippen LogP contribution in [0.4, 0.5) is 5.95 Å². The number of aryl methyl sites for hydroxylation is 2. The maximum atomic E-state index is 13.1. The Morgan fingerprint density at radius 1 is 0.862 bits per heavy atom. The summed E-state index contributed by atoms with van der Waals surface area (Å²) in [5.74, 6) is 1.11. The molecule has 0 amide bonds. The zero-order chi connectivity index (χ0) is 19.8. The highest BCUT2D eigenvalue weighted by atomic mass is 16.3. The molecular weight excluding hydrogens is 362 g/mol. The molecule has 0 fully saturated rings. The van der Waals surface area contributed by atoms with Gasteiger partial charge in [-0.05, 0) is 36.6 Å². The van der Waals surface area contributed by atoms with Crippen LogP contribution in [-0.4, -0.2) is 15.8 Å². The molecule has 2 N–H and O–H groups in total. The van der Waals surface area contributed by atoms with E-state index in [1.54, 1.807) is 6.26 Å². The molecule has 0 saturated heterocycles. The van der Waals surface area contributed by atoms with Crippen molar-refractivity contribution in [1.82, 2.24) is 9.97 Å². The van der Waals surface area contributed by atoms with Gasteiger partial charge in [-0.25, -0.2) is 9.97 Å². The minimum absolute atomic E-state index is 0.0454. The highest BCUT2D eigenvalue weighted by Gasteiger charge is 2.32. The van der Waals surface area contributed by atoms with E-state index in [9.17, 15) is 4.79 Å². The molecule has 0 unspecified atom stereocenters. The summed E-state index contributed by atoms with van der Waals surface area (Å²) in [4.78, 5) is 21.9. The van der Waals surface area contributed by atoms with Gasteiger partial charge < -0.3 is 10.2 Å². The highest BCUT2D eigenvalue weighted by molar-refractivity contribution is 6.23. The van der Waals surface area contributed by atoms with Crippen LogP contribution in [0.5, 0.6) is 0 Å². The van der Waals surface area contributed by atoms with Crippen LogP contribution in [0, 0.1) is 0 Å². The number of furan rings is 1. The number of carbonyl (C=O) groups is 1. The van der Waals surface area contributed by atoms with Gasteiger partial charge in [0.05, 0.1) is 23.2 Å². The molecule has 4 aromatic rings. The number of benzene rings is 2. The number of anilines is 1. The van der Waals surface area contributed by atoms with E-state index in [0.717, 1.165) is 41.7 Å². The fourth-order valence-electron chi connectivity index (χ4n) is 3.89. The van der Waals surface area contributed by atoms with Crippen LogP contribution in [0.15, 0.2) is 71.3 Å². The monoisotopic (exact) mass is 381 g/mol. The number of aromatic nitrogens is 2. The van der Waals surface area contributed by atoms with Crippen molar-refractivity contribution in [3.05, 3.63) is 89.4 Å². The topological polar surface area (TPSA) is 82.0 Å². The smallest absolute Gasteiger partial charge is 0.221 e. The largest absolute Gasteiger partial charge is 0.469 e. The van der Waals surface area contributed by atoms with Crippen molar-refractivity contribution in [3.8, 4) is 22.5 Å². The van der Waals surface area contributed by atoms with E-state index in [1.807, 2.05) is 54.6 Å². The Morgan fingerprint density at radius 3 is 2.48 bits per heavy atom. The lowest BCUT2D eigenvalue weighted by Crippen LogP contribution is -2.05. The molecule has 5 rings (SSSR count). The zero-order valence-electron chi connectivity index (χ0n) is 15.8. The molecule has 0 radical (unpaired) electrons. The van der Waals surface area contributed by atoms with Gasteiger partial charge in [-0.2, -0.15) is 0 Å². The van der Waals surface area contributed by atoms with E-state index in [4.69, 9.17) is 10.2 Å². The molecule has 1 aliphatic rings. The van der Waals surface area contributed by atoms with Crippen molar-refractivity contribution in [2.45, 2.75) is 19.3 Å². The molecule has 1 aliphatic carbocycles. The second-order valence-electron chi connectivity index (χ2n) is 7.16. The summed E-state index contributed by atoms with van der Waals surface area (Å²) in [6.45, 7) is 0. The molecule has 5 nitrogen and oxygen atoms in total. The van der Waals surface area contributed by atoms with E-state index in [0.29, 0.717) is 22.5 Å². The van der Waals surface area contributed by atoms with Crippen LogP contribution in [0.1, 0.15) is 33.7 Å². The van der Waals surface area contributed by atoms with Gasteiger partial charge in [-0.1, -0.05) is 42.5 Å². The van der Waals surface area contributed by atoms with Crippen LogP contribution < -0.4 is 5.73 Å². The number of nitrogens with two attached hydrogens (primary N) is 1. The summed E-state index contributed by atoms with van der Waals surface area (Å²) in [6.07, 6.45) is 4.44. The molecule has 142 valence electrons. The molecule has 29 heavy (non-hydrogen) atoms. The molecule has 0 atom stereocenters. The Labute approximate surface area is 168 Å². The lowest BCUT2D eigenvalue weighted by molar-refractivity contribution is 0.104. The van der Waals surface area contributed by atoms with Crippen LogP contribution >= 0.6 is 0 Å². The summed E-state index contributed by atoms with van der Waals surface area (Å²) in [7, 11) is 0. The SMILES string of the molecule is Nc1nc(-c2ccccc2)c2c(n1)-c1cc(CCCc3ccco3)ccc1C2=O. The molecule has 2 heterocycles. The molecule has 0 aliphatic heterocycles. The molecule has 0 saturated carbocycles. The molecule has 0 bridgehead atoms. The van der Waals surface area contributed by atoms with Crippen molar-refractivity contribution in [3.63, 3.8) is 0 Å². The Kier molecular flexibility index (Phi) is 4.21. The van der Waals surface area contributed by atoms with Gasteiger partial charge in [-0.15, -0.1) is 0 Å². The third kappa shape index (κ3) is 3.10. The van der Waals surface area contributed by atoms with Gasteiger partial charge in [0.2, 0.25) is 5.95 Å². The van der Waals surface area contributed by atoms with Crippen LogP contribution in [0.25, 0.3) is 22.5 Å². The average molecular weight is 381 g/mol. The summed E-state index contributed by atoms with van der Waals surface area (Å²) in [5, 5.41) is 0. The second-order valence-corrected chi connectivity index (χ2v) is 7.16. The lowest BCUT2D eigenvalue weighted by Gasteiger charge is -2.08. The fourth-order valence-corrected chi connectivity index (χ4v) is 3.89. The summed E-state index contributed by atoms with van der Waals surface area (Å²) in [6, 6.07) is 19.5. The van der Waals surface area contributed by atoms with E-state index < -0.39 is 0 Å². The summed E-state index contributed by atoms with van der Waals surface area (Å²) >= 11 is 0. The van der Waals surface area contributed by atoms with Crippen molar-refractivity contribution in [2.75, 3.05) is 5.73 Å². The normalized spacial score (nSPS) is 12.1. The third-order valence-corrected chi connectivity index (χ3v) is 5.25.